The second kappa shape index (κ2) is 4.47. The molecule has 0 atom stereocenters. The summed E-state index contributed by atoms with van der Waals surface area (Å²) in [5.74, 6) is 2.30. The van der Waals surface area contributed by atoms with E-state index in [1.807, 2.05) is 19.9 Å². The van der Waals surface area contributed by atoms with Gasteiger partial charge in [0.05, 0.1) is 0 Å². The summed E-state index contributed by atoms with van der Waals surface area (Å²) in [7, 11) is 0. The van der Waals surface area contributed by atoms with E-state index in [-0.39, 0.29) is 0 Å². The first-order chi connectivity index (χ1) is 7.28. The van der Waals surface area contributed by atoms with Crippen LogP contribution in [0.4, 0.5) is 5.82 Å². The van der Waals surface area contributed by atoms with Crippen LogP contribution in [0.25, 0.3) is 0 Å². The first-order valence-corrected chi connectivity index (χ1v) is 5.54. The average molecular weight is 207 g/mol. The third kappa shape index (κ3) is 2.58. The van der Waals surface area contributed by atoms with E-state index in [0.29, 0.717) is 12.0 Å². The zero-order valence-corrected chi connectivity index (χ0v) is 9.29. The van der Waals surface area contributed by atoms with Crippen LogP contribution in [-0.4, -0.2) is 22.6 Å². The number of rotatable bonds is 4. The molecule has 0 aliphatic heterocycles. The molecule has 4 heteroatoms. The van der Waals surface area contributed by atoms with Crippen molar-refractivity contribution >= 4 is 5.82 Å². The van der Waals surface area contributed by atoms with Crippen LogP contribution >= 0.6 is 0 Å². The topological polar surface area (TPSA) is 47.0 Å². The minimum atomic E-state index is 0.369. The summed E-state index contributed by atoms with van der Waals surface area (Å²) in [4.78, 5) is 8.54. The van der Waals surface area contributed by atoms with Crippen LogP contribution in [0.15, 0.2) is 6.07 Å². The summed E-state index contributed by atoms with van der Waals surface area (Å²) < 4.78 is 5.73. The van der Waals surface area contributed by atoms with Gasteiger partial charge in [-0.05, 0) is 33.1 Å². The minimum absolute atomic E-state index is 0.369. The largest absolute Gasteiger partial charge is 0.474 e. The van der Waals surface area contributed by atoms with E-state index in [1.54, 1.807) is 0 Å². The SMILES string of the molecule is CCNc1cc(OC2CCC2)nc(C)n1. The van der Waals surface area contributed by atoms with E-state index in [4.69, 9.17) is 4.74 Å². The predicted octanol–water partition coefficient (Wildman–Crippen LogP) is 2.15. The molecule has 0 saturated heterocycles. The lowest BCUT2D eigenvalue weighted by Crippen LogP contribution is -2.25. The molecule has 1 aliphatic rings. The van der Waals surface area contributed by atoms with Crippen molar-refractivity contribution in [2.45, 2.75) is 39.2 Å². The fourth-order valence-corrected chi connectivity index (χ4v) is 1.53. The second-order valence-corrected chi connectivity index (χ2v) is 3.84. The molecule has 1 heterocycles. The Balaban J connectivity index is 2.07. The molecular formula is C11H17N3O. The van der Waals surface area contributed by atoms with Gasteiger partial charge in [0.1, 0.15) is 17.7 Å². The average Bonchev–Trinajstić information content (AvgIpc) is 2.11. The van der Waals surface area contributed by atoms with Crippen LogP contribution in [0.5, 0.6) is 5.88 Å². The lowest BCUT2D eigenvalue weighted by atomic mass is 9.96. The molecule has 82 valence electrons. The van der Waals surface area contributed by atoms with Gasteiger partial charge in [-0.1, -0.05) is 0 Å². The number of anilines is 1. The minimum Gasteiger partial charge on any atom is -0.474 e. The summed E-state index contributed by atoms with van der Waals surface area (Å²) in [6.45, 7) is 4.79. The highest BCUT2D eigenvalue weighted by atomic mass is 16.5. The van der Waals surface area contributed by atoms with Crippen molar-refractivity contribution in [1.29, 1.82) is 0 Å². The van der Waals surface area contributed by atoms with Crippen molar-refractivity contribution in [2.75, 3.05) is 11.9 Å². The standard InChI is InChI=1S/C11H17N3O/c1-3-12-10-7-11(14-8(2)13-10)15-9-5-4-6-9/h7,9H,3-6H2,1-2H3,(H,12,13,14). The number of aromatic nitrogens is 2. The number of nitrogens with zero attached hydrogens (tertiary/aromatic N) is 2. The number of hydrogen-bond donors (Lipinski definition) is 1. The maximum Gasteiger partial charge on any atom is 0.218 e. The van der Waals surface area contributed by atoms with Gasteiger partial charge in [-0.3, -0.25) is 0 Å². The van der Waals surface area contributed by atoms with Gasteiger partial charge in [0.15, 0.2) is 0 Å². The molecule has 1 aromatic rings. The van der Waals surface area contributed by atoms with Gasteiger partial charge in [-0.15, -0.1) is 0 Å². The van der Waals surface area contributed by atoms with E-state index < -0.39 is 0 Å². The first-order valence-electron chi connectivity index (χ1n) is 5.54. The van der Waals surface area contributed by atoms with Crippen molar-refractivity contribution in [1.82, 2.24) is 9.97 Å². The molecular weight excluding hydrogens is 190 g/mol. The van der Waals surface area contributed by atoms with Crippen LogP contribution in [0.3, 0.4) is 0 Å². The Morgan fingerprint density at radius 3 is 2.87 bits per heavy atom. The molecule has 1 fully saturated rings. The Bertz CT molecular complexity index is 337. The molecule has 2 rings (SSSR count). The smallest absolute Gasteiger partial charge is 0.218 e. The highest BCUT2D eigenvalue weighted by Gasteiger charge is 2.19. The first kappa shape index (κ1) is 10.2. The summed E-state index contributed by atoms with van der Waals surface area (Å²) in [6, 6.07) is 1.87. The lowest BCUT2D eigenvalue weighted by molar-refractivity contribution is 0.114. The molecule has 0 radical (unpaired) electrons. The fraction of sp³-hybridized carbons (Fsp3) is 0.636. The molecule has 1 aromatic heterocycles. The van der Waals surface area contributed by atoms with Gasteiger partial charge in [-0.2, -0.15) is 4.98 Å². The zero-order valence-electron chi connectivity index (χ0n) is 9.29. The second-order valence-electron chi connectivity index (χ2n) is 3.84. The Morgan fingerprint density at radius 2 is 2.27 bits per heavy atom. The van der Waals surface area contributed by atoms with Crippen LogP contribution in [0.2, 0.25) is 0 Å². The highest BCUT2D eigenvalue weighted by Crippen LogP contribution is 2.24. The zero-order chi connectivity index (χ0) is 10.7. The molecule has 1 saturated carbocycles. The third-order valence-corrected chi connectivity index (χ3v) is 2.51. The van der Waals surface area contributed by atoms with Crippen LogP contribution in [0.1, 0.15) is 32.0 Å². The summed E-state index contributed by atoms with van der Waals surface area (Å²) >= 11 is 0. The number of hydrogen-bond acceptors (Lipinski definition) is 4. The molecule has 0 bridgehead atoms. The van der Waals surface area contributed by atoms with Crippen LogP contribution in [0, 0.1) is 6.92 Å². The lowest BCUT2D eigenvalue weighted by Gasteiger charge is -2.25. The van der Waals surface area contributed by atoms with E-state index in [9.17, 15) is 0 Å². The summed E-state index contributed by atoms with van der Waals surface area (Å²) in [5, 5.41) is 3.17. The predicted molar refractivity (Wildman–Crippen MR) is 59.2 cm³/mol. The molecule has 0 unspecified atom stereocenters. The number of nitrogens with one attached hydrogen (secondary N) is 1. The Hall–Kier alpha value is -1.32. The Labute approximate surface area is 90.1 Å². The van der Waals surface area contributed by atoms with Crippen molar-refractivity contribution in [2.24, 2.45) is 0 Å². The van der Waals surface area contributed by atoms with Gasteiger partial charge in [0.2, 0.25) is 5.88 Å². The molecule has 4 nitrogen and oxygen atoms in total. The van der Waals surface area contributed by atoms with Crippen molar-refractivity contribution in [3.63, 3.8) is 0 Å². The van der Waals surface area contributed by atoms with Crippen molar-refractivity contribution in [3.05, 3.63) is 11.9 Å². The van der Waals surface area contributed by atoms with Gasteiger partial charge in [0, 0.05) is 12.6 Å². The number of ether oxygens (including phenoxy) is 1. The summed E-state index contributed by atoms with van der Waals surface area (Å²) in [5.41, 5.74) is 0. The maximum absolute atomic E-state index is 5.73. The normalized spacial score (nSPS) is 15.9. The van der Waals surface area contributed by atoms with Gasteiger partial charge >= 0.3 is 0 Å². The van der Waals surface area contributed by atoms with Gasteiger partial charge in [-0.25, -0.2) is 4.98 Å². The number of aryl methyl sites for hydroxylation is 1. The molecule has 0 aromatic carbocycles. The fourth-order valence-electron chi connectivity index (χ4n) is 1.53. The third-order valence-electron chi connectivity index (χ3n) is 2.51. The monoisotopic (exact) mass is 207 g/mol. The van der Waals surface area contributed by atoms with E-state index in [1.165, 1.54) is 6.42 Å². The highest BCUT2D eigenvalue weighted by molar-refractivity contribution is 5.38. The van der Waals surface area contributed by atoms with E-state index in [0.717, 1.165) is 31.0 Å². The summed E-state index contributed by atoms with van der Waals surface area (Å²) in [6.07, 6.45) is 3.95. The van der Waals surface area contributed by atoms with Crippen molar-refractivity contribution in [3.8, 4) is 5.88 Å². The Kier molecular flexibility index (Phi) is 3.04. The molecule has 1 N–H and O–H groups in total. The van der Waals surface area contributed by atoms with E-state index in [2.05, 4.69) is 15.3 Å². The van der Waals surface area contributed by atoms with Crippen LogP contribution < -0.4 is 10.1 Å². The van der Waals surface area contributed by atoms with Gasteiger partial charge < -0.3 is 10.1 Å². The Morgan fingerprint density at radius 1 is 1.47 bits per heavy atom. The van der Waals surface area contributed by atoms with E-state index >= 15 is 0 Å². The molecule has 15 heavy (non-hydrogen) atoms. The van der Waals surface area contributed by atoms with Gasteiger partial charge in [0.25, 0.3) is 0 Å². The quantitative estimate of drug-likeness (QED) is 0.821. The molecule has 0 spiro atoms. The van der Waals surface area contributed by atoms with Crippen molar-refractivity contribution < 1.29 is 4.74 Å². The van der Waals surface area contributed by atoms with Crippen LogP contribution in [-0.2, 0) is 0 Å². The molecule has 0 amide bonds. The molecule has 1 aliphatic carbocycles. The maximum atomic E-state index is 5.73.